The average molecular weight is 354 g/mol. The van der Waals surface area contributed by atoms with E-state index in [2.05, 4.69) is 15.1 Å². The van der Waals surface area contributed by atoms with Crippen molar-refractivity contribution >= 4 is 17.5 Å². The number of Topliss-reactive ketones (excluding diaryl/α,β-unsaturated/α-hetero) is 1. The Kier molecular flexibility index (Phi) is 4.92. The van der Waals surface area contributed by atoms with E-state index in [-0.39, 0.29) is 18.8 Å². The van der Waals surface area contributed by atoms with Gasteiger partial charge in [-0.1, -0.05) is 0 Å². The lowest BCUT2D eigenvalue weighted by atomic mass is 10.1. The predicted octanol–water partition coefficient (Wildman–Crippen LogP) is 1.72. The first-order valence-corrected chi connectivity index (χ1v) is 7.98. The van der Waals surface area contributed by atoms with Crippen LogP contribution in [0.15, 0.2) is 30.6 Å². The van der Waals surface area contributed by atoms with Gasteiger partial charge in [0.2, 0.25) is 0 Å². The molecular weight excluding hydrogens is 336 g/mol. The number of ketones is 1. The molecule has 8 nitrogen and oxygen atoms in total. The molecule has 0 spiro atoms. The van der Waals surface area contributed by atoms with Crippen LogP contribution in [0.1, 0.15) is 27.3 Å². The highest BCUT2D eigenvalue weighted by Gasteiger charge is 2.16. The van der Waals surface area contributed by atoms with Crippen LogP contribution in [0.4, 0.5) is 0 Å². The van der Waals surface area contributed by atoms with Crippen molar-refractivity contribution in [1.29, 1.82) is 0 Å². The summed E-state index contributed by atoms with van der Waals surface area (Å²) < 4.78 is 11.7. The Hall–Kier alpha value is -3.29. The summed E-state index contributed by atoms with van der Waals surface area (Å²) in [5.74, 6) is 0.353. The van der Waals surface area contributed by atoms with E-state index in [0.717, 1.165) is 5.69 Å². The Bertz CT molecular complexity index is 963. The molecule has 0 fully saturated rings. The van der Waals surface area contributed by atoms with Crippen LogP contribution in [0.25, 0.3) is 5.78 Å². The molecule has 1 aromatic carbocycles. The van der Waals surface area contributed by atoms with E-state index in [1.807, 2.05) is 6.92 Å². The summed E-state index contributed by atoms with van der Waals surface area (Å²) in [6, 6.07) is 6.62. The van der Waals surface area contributed by atoms with E-state index < -0.39 is 5.97 Å². The molecule has 3 aromatic rings. The highest BCUT2D eigenvalue weighted by atomic mass is 16.5. The van der Waals surface area contributed by atoms with Crippen molar-refractivity contribution in [2.75, 3.05) is 13.7 Å². The third kappa shape index (κ3) is 3.53. The summed E-state index contributed by atoms with van der Waals surface area (Å²) in [4.78, 5) is 32.6. The number of nitrogens with zero attached hydrogens (tertiary/aromatic N) is 4. The molecule has 0 saturated carbocycles. The molecule has 0 saturated heterocycles. The van der Waals surface area contributed by atoms with Crippen LogP contribution in [0.3, 0.4) is 0 Å². The molecule has 0 atom stereocenters. The molecule has 0 aliphatic rings. The van der Waals surface area contributed by atoms with Crippen LogP contribution in [-0.4, -0.2) is 45.1 Å². The van der Waals surface area contributed by atoms with Gasteiger partial charge in [-0.05, 0) is 38.1 Å². The molecule has 134 valence electrons. The van der Waals surface area contributed by atoms with Gasteiger partial charge in [0.25, 0.3) is 5.78 Å². The highest BCUT2D eigenvalue weighted by Crippen LogP contribution is 2.15. The number of rotatable bonds is 6. The van der Waals surface area contributed by atoms with E-state index in [1.165, 1.54) is 6.33 Å². The molecule has 0 radical (unpaired) electrons. The van der Waals surface area contributed by atoms with Gasteiger partial charge in [0.15, 0.2) is 12.4 Å². The zero-order chi connectivity index (χ0) is 18.7. The number of methoxy groups -OCH3 is 1. The number of fused-ring (bicyclic) bond motifs is 1. The molecular formula is C18H18N4O4. The van der Waals surface area contributed by atoms with E-state index in [4.69, 9.17) is 9.47 Å². The summed E-state index contributed by atoms with van der Waals surface area (Å²) in [5, 5.41) is 4.08. The monoisotopic (exact) mass is 354 g/mol. The Morgan fingerprint density at radius 3 is 2.58 bits per heavy atom. The number of carbonyl (C=O) groups excluding carboxylic acids is 2. The highest BCUT2D eigenvalue weighted by molar-refractivity contribution is 5.98. The summed E-state index contributed by atoms with van der Waals surface area (Å²) in [5.41, 5.74) is 2.62. The van der Waals surface area contributed by atoms with Crippen molar-refractivity contribution in [2.24, 2.45) is 0 Å². The summed E-state index contributed by atoms with van der Waals surface area (Å²) >= 11 is 0. The Labute approximate surface area is 149 Å². The summed E-state index contributed by atoms with van der Waals surface area (Å²) in [6.45, 7) is 3.32. The molecule has 2 aromatic heterocycles. The van der Waals surface area contributed by atoms with Crippen LogP contribution in [0, 0.1) is 13.8 Å². The van der Waals surface area contributed by atoms with Crippen molar-refractivity contribution in [2.45, 2.75) is 20.3 Å². The number of carbonyl (C=O) groups is 2. The number of ether oxygens (including phenoxy) is 2. The normalized spacial score (nSPS) is 10.7. The molecule has 0 N–H and O–H groups in total. The minimum atomic E-state index is -0.501. The van der Waals surface area contributed by atoms with Crippen molar-refractivity contribution < 1.29 is 19.1 Å². The molecule has 0 bridgehead atoms. The lowest BCUT2D eigenvalue weighted by molar-refractivity contribution is -0.141. The minimum absolute atomic E-state index is 0.0103. The van der Waals surface area contributed by atoms with Gasteiger partial charge in [-0.2, -0.15) is 10.1 Å². The topological polar surface area (TPSA) is 95.7 Å². The number of esters is 1. The molecule has 2 heterocycles. The first-order valence-electron chi connectivity index (χ1n) is 7.98. The quantitative estimate of drug-likeness (QED) is 0.491. The average Bonchev–Trinajstić information content (AvgIpc) is 3.11. The number of hydrogen-bond acceptors (Lipinski definition) is 7. The number of hydrogen-bond donors (Lipinski definition) is 0. The van der Waals surface area contributed by atoms with Gasteiger partial charge in [-0.15, -0.1) is 0 Å². The van der Waals surface area contributed by atoms with E-state index in [1.54, 1.807) is 42.8 Å². The van der Waals surface area contributed by atoms with Gasteiger partial charge < -0.3 is 9.47 Å². The SMILES string of the molecule is COc1ccc(C(=O)COC(=O)Cc2c(C)nc3ncnn3c2C)cc1. The first-order chi connectivity index (χ1) is 12.5. The molecule has 26 heavy (non-hydrogen) atoms. The van der Waals surface area contributed by atoms with Gasteiger partial charge >= 0.3 is 5.97 Å². The second-order valence-electron chi connectivity index (χ2n) is 5.72. The molecule has 8 heteroatoms. The van der Waals surface area contributed by atoms with Crippen LogP contribution in [-0.2, 0) is 16.0 Å². The van der Waals surface area contributed by atoms with Crippen LogP contribution in [0.5, 0.6) is 5.75 Å². The first kappa shape index (κ1) is 17.5. The van der Waals surface area contributed by atoms with Crippen LogP contribution in [0.2, 0.25) is 0 Å². The Morgan fingerprint density at radius 1 is 1.15 bits per heavy atom. The van der Waals surface area contributed by atoms with Crippen molar-refractivity contribution in [3.8, 4) is 5.75 Å². The predicted molar refractivity (Wildman–Crippen MR) is 92.2 cm³/mol. The summed E-state index contributed by atoms with van der Waals surface area (Å²) in [7, 11) is 1.55. The van der Waals surface area contributed by atoms with Crippen LogP contribution < -0.4 is 4.74 Å². The minimum Gasteiger partial charge on any atom is -0.497 e. The standard InChI is InChI=1S/C18H18N4O4/c1-11-15(12(2)22-18(21-11)19-10-20-22)8-17(24)26-9-16(23)13-4-6-14(25-3)7-5-13/h4-7,10H,8-9H2,1-3H3. The maximum absolute atomic E-state index is 12.2. The van der Waals surface area contributed by atoms with Crippen molar-refractivity contribution in [3.05, 3.63) is 53.1 Å². The maximum atomic E-state index is 12.2. The van der Waals surface area contributed by atoms with Crippen molar-refractivity contribution in [3.63, 3.8) is 0 Å². The Balaban J connectivity index is 1.64. The van der Waals surface area contributed by atoms with E-state index >= 15 is 0 Å². The molecule has 0 amide bonds. The van der Waals surface area contributed by atoms with E-state index in [9.17, 15) is 9.59 Å². The third-order valence-electron chi connectivity index (χ3n) is 4.09. The fourth-order valence-corrected chi connectivity index (χ4v) is 2.61. The lowest BCUT2D eigenvalue weighted by Gasteiger charge is -2.10. The third-order valence-corrected chi connectivity index (χ3v) is 4.09. The van der Waals surface area contributed by atoms with Gasteiger partial charge in [-0.25, -0.2) is 9.50 Å². The second kappa shape index (κ2) is 7.30. The summed E-state index contributed by atoms with van der Waals surface area (Å²) in [6.07, 6.45) is 1.42. The van der Waals surface area contributed by atoms with E-state index in [0.29, 0.717) is 28.3 Å². The smallest absolute Gasteiger partial charge is 0.310 e. The molecule has 3 rings (SSSR count). The fraction of sp³-hybridized carbons (Fsp3) is 0.278. The zero-order valence-electron chi connectivity index (χ0n) is 14.7. The molecule has 0 aliphatic heterocycles. The lowest BCUT2D eigenvalue weighted by Crippen LogP contribution is -2.17. The van der Waals surface area contributed by atoms with Crippen LogP contribution >= 0.6 is 0 Å². The second-order valence-corrected chi connectivity index (χ2v) is 5.72. The van der Waals surface area contributed by atoms with Gasteiger partial charge in [0.1, 0.15) is 12.1 Å². The number of benzene rings is 1. The van der Waals surface area contributed by atoms with Gasteiger partial charge in [0.05, 0.1) is 13.5 Å². The fourth-order valence-electron chi connectivity index (χ4n) is 2.61. The van der Waals surface area contributed by atoms with Gasteiger partial charge in [0, 0.05) is 22.5 Å². The maximum Gasteiger partial charge on any atom is 0.310 e. The number of aromatic nitrogens is 4. The van der Waals surface area contributed by atoms with Crippen molar-refractivity contribution in [1.82, 2.24) is 19.6 Å². The largest absolute Gasteiger partial charge is 0.497 e. The molecule has 0 aliphatic carbocycles. The Morgan fingerprint density at radius 2 is 1.88 bits per heavy atom. The van der Waals surface area contributed by atoms with Gasteiger partial charge in [-0.3, -0.25) is 9.59 Å². The molecule has 0 unspecified atom stereocenters. The zero-order valence-corrected chi connectivity index (χ0v) is 14.7. The number of aryl methyl sites for hydroxylation is 2.